The van der Waals surface area contributed by atoms with Gasteiger partial charge in [-0.3, -0.25) is 10.1 Å². The zero-order valence-corrected chi connectivity index (χ0v) is 19.8. The van der Waals surface area contributed by atoms with E-state index in [4.69, 9.17) is 0 Å². The van der Waals surface area contributed by atoms with Crippen LogP contribution in [0.15, 0.2) is 53.4 Å². The molecule has 0 saturated heterocycles. The van der Waals surface area contributed by atoms with Crippen molar-refractivity contribution < 1.29 is 26.7 Å². The number of sulfonamides is 1. The number of nitrogens with one attached hydrogen (secondary N) is 1. The Balaban J connectivity index is 1.74. The summed E-state index contributed by atoms with van der Waals surface area (Å²) in [7, 11) is -3.60. The van der Waals surface area contributed by atoms with Gasteiger partial charge in [-0.2, -0.15) is 13.1 Å². The van der Waals surface area contributed by atoms with E-state index >= 15 is 0 Å². The molecule has 0 radical (unpaired) electrons. The number of nitrogens with zero attached hydrogens (tertiary/aromatic N) is 2. The van der Waals surface area contributed by atoms with Gasteiger partial charge in [-0.05, 0) is 55.5 Å². The third kappa shape index (κ3) is 5.73. The third-order valence-electron chi connectivity index (χ3n) is 4.83. The number of anilines is 1. The summed E-state index contributed by atoms with van der Waals surface area (Å²) in [4.78, 5) is 18.0. The number of carbonyl (C=O) groups is 1. The molecule has 1 heterocycles. The summed E-state index contributed by atoms with van der Waals surface area (Å²) < 4.78 is 55.5. The normalized spacial score (nSPS) is 11.7. The van der Waals surface area contributed by atoms with Crippen LogP contribution >= 0.6 is 11.3 Å². The Kier molecular flexibility index (Phi) is 7.77. The van der Waals surface area contributed by atoms with Gasteiger partial charge in [0.2, 0.25) is 10.0 Å². The van der Waals surface area contributed by atoms with Crippen LogP contribution in [0.5, 0.6) is 5.75 Å². The van der Waals surface area contributed by atoms with Gasteiger partial charge in [-0.25, -0.2) is 13.4 Å². The van der Waals surface area contributed by atoms with Crippen molar-refractivity contribution in [2.24, 2.45) is 0 Å². The number of halogens is 2. The zero-order valence-electron chi connectivity index (χ0n) is 18.2. The van der Waals surface area contributed by atoms with Gasteiger partial charge in [0.25, 0.3) is 5.91 Å². The lowest BCUT2D eigenvalue weighted by atomic mass is 10.1. The van der Waals surface area contributed by atoms with E-state index in [2.05, 4.69) is 15.0 Å². The number of rotatable bonds is 9. The Morgan fingerprint density at radius 1 is 1.09 bits per heavy atom. The van der Waals surface area contributed by atoms with Crippen molar-refractivity contribution in [2.75, 3.05) is 18.4 Å². The summed E-state index contributed by atoms with van der Waals surface area (Å²) in [5.41, 5.74) is 1.59. The molecule has 3 rings (SSSR count). The molecule has 0 aliphatic rings. The first kappa shape index (κ1) is 24.7. The molecule has 0 atom stereocenters. The van der Waals surface area contributed by atoms with Crippen molar-refractivity contribution in [3.05, 3.63) is 59.0 Å². The molecule has 7 nitrogen and oxygen atoms in total. The highest BCUT2D eigenvalue weighted by Crippen LogP contribution is 2.32. The molecule has 0 saturated carbocycles. The monoisotopic (exact) mass is 495 g/mol. The van der Waals surface area contributed by atoms with Gasteiger partial charge >= 0.3 is 6.61 Å². The van der Waals surface area contributed by atoms with Crippen LogP contribution in [0.3, 0.4) is 0 Å². The highest BCUT2D eigenvalue weighted by Gasteiger charge is 2.22. The number of aromatic nitrogens is 1. The number of benzene rings is 2. The molecule has 0 fully saturated rings. The number of hydrogen-bond donors (Lipinski definition) is 1. The second-order valence-corrected chi connectivity index (χ2v) is 10.0. The highest BCUT2D eigenvalue weighted by molar-refractivity contribution is 7.89. The van der Waals surface area contributed by atoms with E-state index in [-0.39, 0.29) is 16.2 Å². The van der Waals surface area contributed by atoms with Gasteiger partial charge < -0.3 is 4.74 Å². The Bertz CT molecular complexity index is 1210. The molecule has 11 heteroatoms. The van der Waals surface area contributed by atoms with E-state index in [1.807, 2.05) is 6.92 Å². The highest BCUT2D eigenvalue weighted by atomic mass is 32.2. The average molecular weight is 496 g/mol. The largest absolute Gasteiger partial charge is 0.435 e. The summed E-state index contributed by atoms with van der Waals surface area (Å²) in [6, 6.07) is 11.8. The molecule has 0 bridgehead atoms. The van der Waals surface area contributed by atoms with E-state index in [0.717, 1.165) is 4.88 Å². The van der Waals surface area contributed by atoms with E-state index in [1.54, 1.807) is 26.0 Å². The van der Waals surface area contributed by atoms with Gasteiger partial charge in [0.1, 0.15) is 5.75 Å². The van der Waals surface area contributed by atoms with Crippen LogP contribution < -0.4 is 10.1 Å². The van der Waals surface area contributed by atoms with Crippen LogP contribution in [0.2, 0.25) is 0 Å². The van der Waals surface area contributed by atoms with Crippen LogP contribution in [0.1, 0.15) is 29.1 Å². The smallest absolute Gasteiger partial charge is 0.387 e. The molecule has 176 valence electrons. The number of carbonyl (C=O) groups excluding carboxylic acids is 1. The Morgan fingerprint density at radius 3 is 2.24 bits per heavy atom. The maximum absolute atomic E-state index is 12.6. The summed E-state index contributed by atoms with van der Waals surface area (Å²) >= 11 is 1.27. The molecular formula is C22H23F2N3O4S2. The molecule has 0 unspecified atom stereocenters. The fourth-order valence-electron chi connectivity index (χ4n) is 3.17. The molecule has 0 aliphatic carbocycles. The molecule has 2 aromatic carbocycles. The molecular weight excluding hydrogens is 472 g/mol. The van der Waals surface area contributed by atoms with Crippen LogP contribution in [0.4, 0.5) is 13.9 Å². The van der Waals surface area contributed by atoms with Crippen molar-refractivity contribution in [2.45, 2.75) is 32.3 Å². The summed E-state index contributed by atoms with van der Waals surface area (Å²) in [5, 5.41) is 3.08. The topological polar surface area (TPSA) is 88.6 Å². The van der Waals surface area contributed by atoms with Crippen LogP contribution in [-0.4, -0.2) is 43.3 Å². The third-order valence-corrected chi connectivity index (χ3v) is 7.78. The second kappa shape index (κ2) is 10.4. The first-order valence-electron chi connectivity index (χ1n) is 10.1. The van der Waals surface area contributed by atoms with Crippen molar-refractivity contribution in [1.82, 2.24) is 9.29 Å². The number of thiazole rings is 1. The van der Waals surface area contributed by atoms with Crippen molar-refractivity contribution >= 4 is 32.4 Å². The van der Waals surface area contributed by atoms with Gasteiger partial charge in [0.15, 0.2) is 5.13 Å². The fourth-order valence-corrected chi connectivity index (χ4v) is 5.46. The first-order chi connectivity index (χ1) is 15.6. The van der Waals surface area contributed by atoms with Crippen molar-refractivity contribution in [3.8, 4) is 17.0 Å². The number of alkyl halides is 2. The maximum atomic E-state index is 12.6. The lowest BCUT2D eigenvalue weighted by molar-refractivity contribution is -0.0498. The second-order valence-electron chi connectivity index (χ2n) is 6.89. The van der Waals surface area contributed by atoms with Gasteiger partial charge in [0, 0.05) is 29.1 Å². The Morgan fingerprint density at radius 2 is 1.70 bits per heavy atom. The summed E-state index contributed by atoms with van der Waals surface area (Å²) in [6.07, 6.45) is 0. The number of ether oxygens (including phenoxy) is 1. The number of aryl methyl sites for hydroxylation is 1. The SMILES string of the molecule is CCN(CC)S(=O)(=O)c1ccc(C(=O)Nc2nc(-c3ccc(OC(F)F)cc3)c(C)s2)cc1. The fraction of sp³-hybridized carbons (Fsp3) is 0.273. The minimum Gasteiger partial charge on any atom is -0.435 e. The van der Waals surface area contributed by atoms with Gasteiger partial charge in [-0.1, -0.05) is 13.8 Å². The van der Waals surface area contributed by atoms with E-state index < -0.39 is 22.5 Å². The van der Waals surface area contributed by atoms with Crippen molar-refractivity contribution in [1.29, 1.82) is 0 Å². The summed E-state index contributed by atoms with van der Waals surface area (Å²) in [5.74, 6) is -0.385. The van der Waals surface area contributed by atoms with E-state index in [0.29, 0.717) is 29.5 Å². The molecule has 3 aromatic rings. The van der Waals surface area contributed by atoms with Crippen LogP contribution in [0.25, 0.3) is 11.3 Å². The maximum Gasteiger partial charge on any atom is 0.387 e. The van der Waals surface area contributed by atoms with Gasteiger partial charge in [-0.15, -0.1) is 11.3 Å². The first-order valence-corrected chi connectivity index (χ1v) is 12.4. The predicted molar refractivity (Wildman–Crippen MR) is 123 cm³/mol. The standard InChI is InChI=1S/C22H23F2N3O4S2/c1-4-27(5-2)33(29,30)18-12-8-16(9-13-18)20(28)26-22-25-19(14(3)32-22)15-6-10-17(11-7-15)31-21(23)24/h6-13,21H,4-5H2,1-3H3,(H,25,26,28). The lowest BCUT2D eigenvalue weighted by Crippen LogP contribution is -2.30. The predicted octanol–water partition coefficient (Wildman–Crippen LogP) is 5.00. The lowest BCUT2D eigenvalue weighted by Gasteiger charge is -2.18. The number of amides is 1. The Labute approximate surface area is 195 Å². The molecule has 1 amide bonds. The number of hydrogen-bond acceptors (Lipinski definition) is 6. The van der Waals surface area contributed by atoms with E-state index in [1.165, 1.54) is 52.0 Å². The minimum atomic E-state index is -3.60. The quantitative estimate of drug-likeness (QED) is 0.451. The molecule has 33 heavy (non-hydrogen) atoms. The summed E-state index contributed by atoms with van der Waals surface area (Å²) in [6.45, 7) is 3.17. The van der Waals surface area contributed by atoms with Crippen molar-refractivity contribution in [3.63, 3.8) is 0 Å². The molecule has 1 N–H and O–H groups in total. The minimum absolute atomic E-state index is 0.0432. The van der Waals surface area contributed by atoms with E-state index in [9.17, 15) is 22.0 Å². The van der Waals surface area contributed by atoms with Crippen LogP contribution in [-0.2, 0) is 10.0 Å². The van der Waals surface area contributed by atoms with Gasteiger partial charge in [0.05, 0.1) is 10.6 Å². The van der Waals surface area contributed by atoms with Crippen LogP contribution in [0, 0.1) is 6.92 Å². The Hall–Kier alpha value is -2.89. The molecule has 1 aromatic heterocycles. The average Bonchev–Trinajstić information content (AvgIpc) is 3.14. The molecule has 0 spiro atoms. The molecule has 0 aliphatic heterocycles. The zero-order chi connectivity index (χ0) is 24.2.